The van der Waals surface area contributed by atoms with E-state index >= 15 is 0 Å². The molecule has 2 aromatic rings. The van der Waals surface area contributed by atoms with Gasteiger partial charge in [-0.15, -0.1) is 0 Å². The molecule has 20 heavy (non-hydrogen) atoms. The van der Waals surface area contributed by atoms with E-state index in [4.69, 9.17) is 5.84 Å². The molecule has 4 N–H and O–H groups in total. The zero-order valence-electron chi connectivity index (χ0n) is 11.1. The Morgan fingerprint density at radius 1 is 1.45 bits per heavy atom. The molecule has 10 nitrogen and oxygen atoms in total. The quantitative estimate of drug-likeness (QED) is 0.446. The third kappa shape index (κ3) is 2.98. The van der Waals surface area contributed by atoms with Crippen LogP contribution in [-0.4, -0.2) is 51.1 Å². The molecule has 0 spiro atoms. The molecule has 2 rings (SSSR count). The summed E-state index contributed by atoms with van der Waals surface area (Å²) >= 11 is 0. The highest BCUT2D eigenvalue weighted by molar-refractivity contribution is 5.80. The predicted octanol–water partition coefficient (Wildman–Crippen LogP) is -1.47. The maximum atomic E-state index is 11.4. The number of carbonyl (C=O) groups is 1. The summed E-state index contributed by atoms with van der Waals surface area (Å²) in [5.74, 6) is 6.06. The molecule has 0 aliphatic carbocycles. The number of imidazole rings is 1. The molecule has 0 aliphatic heterocycles. The molecular weight excluding hydrogens is 262 g/mol. The number of nitrogen functional groups attached to an aromatic ring is 1. The van der Waals surface area contributed by atoms with Gasteiger partial charge in [0, 0.05) is 26.5 Å². The lowest BCUT2D eigenvalue weighted by Gasteiger charge is -2.17. The first-order valence-electron chi connectivity index (χ1n) is 5.76. The van der Waals surface area contributed by atoms with E-state index < -0.39 is 0 Å². The van der Waals surface area contributed by atoms with Crippen molar-refractivity contribution in [3.63, 3.8) is 0 Å². The summed E-state index contributed by atoms with van der Waals surface area (Å²) in [6, 6.07) is 0. The summed E-state index contributed by atoms with van der Waals surface area (Å²) in [6.45, 7) is 0.119. The molecular formula is C10H15N9O. The van der Waals surface area contributed by atoms with E-state index in [-0.39, 0.29) is 18.4 Å². The summed E-state index contributed by atoms with van der Waals surface area (Å²) in [5.41, 5.74) is 2.37. The van der Waals surface area contributed by atoms with E-state index in [0.717, 1.165) is 0 Å². The van der Waals surface area contributed by atoms with Crippen molar-refractivity contribution in [2.24, 2.45) is 5.84 Å². The third-order valence-corrected chi connectivity index (χ3v) is 2.48. The number of likely N-dealkylation sites (N-methyl/N-ethyl adjacent to an activating group) is 2. The van der Waals surface area contributed by atoms with Crippen LogP contribution in [0.2, 0.25) is 0 Å². The molecule has 106 valence electrons. The summed E-state index contributed by atoms with van der Waals surface area (Å²) in [6.07, 6.45) is 4.85. The monoisotopic (exact) mass is 277 g/mol. The minimum Gasteiger partial charge on any atom is -0.358 e. The second kappa shape index (κ2) is 5.93. The van der Waals surface area contributed by atoms with E-state index in [1.165, 1.54) is 0 Å². The number of hydrogen-bond acceptors (Lipinski definition) is 8. The topological polar surface area (TPSA) is 127 Å². The van der Waals surface area contributed by atoms with Crippen LogP contribution in [0.3, 0.4) is 0 Å². The van der Waals surface area contributed by atoms with E-state index in [1.807, 2.05) is 0 Å². The fraction of sp³-hybridized carbons (Fsp3) is 0.300. The Bertz CT molecular complexity index is 582. The van der Waals surface area contributed by atoms with E-state index in [2.05, 4.69) is 30.7 Å². The van der Waals surface area contributed by atoms with Crippen LogP contribution in [-0.2, 0) is 4.79 Å². The molecule has 10 heteroatoms. The largest absolute Gasteiger partial charge is 0.358 e. The van der Waals surface area contributed by atoms with Crippen molar-refractivity contribution in [3.05, 3.63) is 18.7 Å². The average Bonchev–Trinajstić information content (AvgIpc) is 3.00. The number of nitrogens with zero attached hydrogens (tertiary/aromatic N) is 6. The molecule has 2 heterocycles. The minimum atomic E-state index is -0.153. The molecule has 0 atom stereocenters. The van der Waals surface area contributed by atoms with E-state index in [0.29, 0.717) is 11.9 Å². The number of nitrogens with two attached hydrogens (primary N) is 1. The maximum Gasteiger partial charge on any atom is 0.243 e. The number of hydrazine groups is 1. The molecule has 0 saturated heterocycles. The van der Waals surface area contributed by atoms with Crippen molar-refractivity contribution in [3.8, 4) is 5.95 Å². The Morgan fingerprint density at radius 3 is 2.85 bits per heavy atom. The molecule has 1 amide bonds. The fourth-order valence-electron chi connectivity index (χ4n) is 1.45. The molecule has 2 aromatic heterocycles. The van der Waals surface area contributed by atoms with Gasteiger partial charge in [-0.1, -0.05) is 0 Å². The van der Waals surface area contributed by atoms with Gasteiger partial charge in [-0.25, -0.2) is 10.8 Å². The smallest absolute Gasteiger partial charge is 0.243 e. The zero-order valence-corrected chi connectivity index (χ0v) is 11.1. The van der Waals surface area contributed by atoms with Gasteiger partial charge in [0.25, 0.3) is 0 Å². The van der Waals surface area contributed by atoms with Gasteiger partial charge in [0.1, 0.15) is 6.33 Å². The van der Waals surface area contributed by atoms with Crippen molar-refractivity contribution in [1.29, 1.82) is 0 Å². The van der Waals surface area contributed by atoms with Crippen molar-refractivity contribution in [2.45, 2.75) is 0 Å². The number of aromatic nitrogens is 5. The van der Waals surface area contributed by atoms with Crippen LogP contribution < -0.4 is 21.5 Å². The number of rotatable bonds is 5. The number of carbonyl (C=O) groups excluding carboxylic acids is 1. The zero-order chi connectivity index (χ0) is 14.5. The lowest BCUT2D eigenvalue weighted by molar-refractivity contribution is -0.119. The standard InChI is InChI=1S/C10H15N9O/c1-12-7(20)5-18(2)9-14-8(17-11)15-10(16-9)19-4-3-13-6-19/h3-4,6H,5,11H2,1-2H3,(H,12,20)(H,14,15,16,17). The van der Waals surface area contributed by atoms with Gasteiger partial charge in [-0.05, 0) is 0 Å². The molecule has 0 radical (unpaired) electrons. The van der Waals surface area contributed by atoms with Crippen molar-refractivity contribution < 1.29 is 4.79 Å². The van der Waals surface area contributed by atoms with Gasteiger partial charge < -0.3 is 10.2 Å². The van der Waals surface area contributed by atoms with Gasteiger partial charge in [0.05, 0.1) is 6.54 Å². The Labute approximate surface area is 115 Å². The predicted molar refractivity (Wildman–Crippen MR) is 72.1 cm³/mol. The van der Waals surface area contributed by atoms with Crippen molar-refractivity contribution in [1.82, 2.24) is 29.8 Å². The summed E-state index contributed by atoms with van der Waals surface area (Å²) in [5, 5.41) is 2.53. The van der Waals surface area contributed by atoms with Gasteiger partial charge in [-0.3, -0.25) is 14.8 Å². The molecule has 0 saturated carbocycles. The number of nitrogens with one attached hydrogen (secondary N) is 2. The Hall–Kier alpha value is -2.75. The van der Waals surface area contributed by atoms with E-state index in [1.54, 1.807) is 42.3 Å². The first-order chi connectivity index (χ1) is 9.63. The van der Waals surface area contributed by atoms with Crippen LogP contribution in [0.25, 0.3) is 5.95 Å². The van der Waals surface area contributed by atoms with Gasteiger partial charge in [0.15, 0.2) is 0 Å². The van der Waals surface area contributed by atoms with Crippen molar-refractivity contribution in [2.75, 3.05) is 31.0 Å². The summed E-state index contributed by atoms with van der Waals surface area (Å²) in [7, 11) is 3.26. The van der Waals surface area contributed by atoms with Gasteiger partial charge in [-0.2, -0.15) is 15.0 Å². The summed E-state index contributed by atoms with van der Waals surface area (Å²) < 4.78 is 1.61. The molecule has 0 bridgehead atoms. The first-order valence-corrected chi connectivity index (χ1v) is 5.76. The number of amides is 1. The van der Waals surface area contributed by atoms with Gasteiger partial charge in [0.2, 0.25) is 23.8 Å². The Kier molecular flexibility index (Phi) is 4.05. The fourth-order valence-corrected chi connectivity index (χ4v) is 1.45. The van der Waals surface area contributed by atoms with Crippen LogP contribution in [0.4, 0.5) is 11.9 Å². The maximum absolute atomic E-state index is 11.4. The van der Waals surface area contributed by atoms with Crippen molar-refractivity contribution >= 4 is 17.8 Å². The molecule has 0 fully saturated rings. The summed E-state index contributed by atoms with van der Waals surface area (Å²) in [4.78, 5) is 29.4. The highest BCUT2D eigenvalue weighted by Crippen LogP contribution is 2.11. The van der Waals surface area contributed by atoms with Crippen LogP contribution in [0.15, 0.2) is 18.7 Å². The molecule has 0 unspecified atom stereocenters. The number of hydrogen-bond donors (Lipinski definition) is 3. The third-order valence-electron chi connectivity index (χ3n) is 2.48. The minimum absolute atomic E-state index is 0.119. The molecule has 0 aliphatic rings. The Morgan fingerprint density at radius 2 is 2.25 bits per heavy atom. The first kappa shape index (κ1) is 13.7. The van der Waals surface area contributed by atoms with Crippen LogP contribution in [0.1, 0.15) is 0 Å². The molecule has 0 aromatic carbocycles. The van der Waals surface area contributed by atoms with Gasteiger partial charge >= 0.3 is 0 Å². The van der Waals surface area contributed by atoms with Crippen LogP contribution in [0.5, 0.6) is 0 Å². The SMILES string of the molecule is CNC(=O)CN(C)c1nc(NN)nc(-n2ccnc2)n1. The number of anilines is 2. The average molecular weight is 277 g/mol. The highest BCUT2D eigenvalue weighted by Gasteiger charge is 2.13. The van der Waals surface area contributed by atoms with Crippen LogP contribution >= 0.6 is 0 Å². The lowest BCUT2D eigenvalue weighted by atomic mass is 10.5. The van der Waals surface area contributed by atoms with E-state index in [9.17, 15) is 4.79 Å². The Balaban J connectivity index is 2.33. The van der Waals surface area contributed by atoms with Crippen LogP contribution in [0, 0.1) is 0 Å². The second-order valence-corrected chi connectivity index (χ2v) is 3.90. The normalized spacial score (nSPS) is 10.2. The highest BCUT2D eigenvalue weighted by atomic mass is 16.1. The lowest BCUT2D eigenvalue weighted by Crippen LogP contribution is -2.34. The second-order valence-electron chi connectivity index (χ2n) is 3.90.